The average Bonchev–Trinajstić information content (AvgIpc) is 3.15. The molecule has 4 heteroatoms. The van der Waals surface area contributed by atoms with Crippen molar-refractivity contribution in [2.45, 2.75) is 20.3 Å². The molecule has 0 unspecified atom stereocenters. The van der Waals surface area contributed by atoms with Crippen molar-refractivity contribution in [3.63, 3.8) is 0 Å². The van der Waals surface area contributed by atoms with E-state index in [9.17, 15) is 4.79 Å². The first-order valence-electron chi connectivity index (χ1n) is 8.49. The summed E-state index contributed by atoms with van der Waals surface area (Å²) in [7, 11) is 2.01. The number of ketones is 1. The lowest BCUT2D eigenvalue weighted by Gasteiger charge is -2.05. The summed E-state index contributed by atoms with van der Waals surface area (Å²) < 4.78 is 8.01. The third-order valence-corrected chi connectivity index (χ3v) is 4.60. The number of Topliss-reactive ketones (excluding diaryl/α,β-unsaturated/α-hetero) is 1. The standard InChI is InChI=1S/C21H20N2O2/c1-13(2)19(24)11-14-8-9-18-15(10-14)16(12-23(18)3)21-22-17-6-4-5-7-20(17)25-21/h4-10,12-13H,11H2,1-3H3. The first-order valence-corrected chi connectivity index (χ1v) is 8.49. The summed E-state index contributed by atoms with van der Waals surface area (Å²) in [5, 5.41) is 1.06. The van der Waals surface area contributed by atoms with Gasteiger partial charge in [-0.15, -0.1) is 0 Å². The molecular weight excluding hydrogens is 312 g/mol. The highest BCUT2D eigenvalue weighted by Gasteiger charge is 2.16. The van der Waals surface area contributed by atoms with Crippen molar-refractivity contribution in [3.05, 3.63) is 54.2 Å². The summed E-state index contributed by atoms with van der Waals surface area (Å²) in [5.41, 5.74) is 4.70. The number of aryl methyl sites for hydroxylation is 1. The lowest BCUT2D eigenvalue weighted by Crippen LogP contribution is -2.10. The van der Waals surface area contributed by atoms with Gasteiger partial charge >= 0.3 is 0 Å². The van der Waals surface area contributed by atoms with Crippen LogP contribution in [0.2, 0.25) is 0 Å². The van der Waals surface area contributed by atoms with Crippen LogP contribution in [0.5, 0.6) is 0 Å². The van der Waals surface area contributed by atoms with Gasteiger partial charge in [-0.25, -0.2) is 4.98 Å². The smallest absolute Gasteiger partial charge is 0.229 e. The Morgan fingerprint density at radius 1 is 1.20 bits per heavy atom. The Morgan fingerprint density at radius 2 is 2.00 bits per heavy atom. The molecule has 0 bridgehead atoms. The Hall–Kier alpha value is -2.88. The second-order valence-electron chi connectivity index (χ2n) is 6.79. The number of oxazole rings is 1. The van der Waals surface area contributed by atoms with Gasteiger partial charge in [0.25, 0.3) is 0 Å². The number of para-hydroxylation sites is 2. The minimum absolute atomic E-state index is 0.0444. The zero-order chi connectivity index (χ0) is 17.6. The van der Waals surface area contributed by atoms with Gasteiger partial charge in [0.2, 0.25) is 5.89 Å². The third kappa shape index (κ3) is 2.74. The fraction of sp³-hybridized carbons (Fsp3) is 0.238. The second kappa shape index (κ2) is 5.88. The highest BCUT2D eigenvalue weighted by atomic mass is 16.3. The molecule has 4 nitrogen and oxygen atoms in total. The topological polar surface area (TPSA) is 48.0 Å². The maximum Gasteiger partial charge on any atom is 0.229 e. The van der Waals surface area contributed by atoms with Crippen molar-refractivity contribution < 1.29 is 9.21 Å². The largest absolute Gasteiger partial charge is 0.436 e. The number of hydrogen-bond donors (Lipinski definition) is 0. The van der Waals surface area contributed by atoms with Crippen LogP contribution >= 0.6 is 0 Å². The van der Waals surface area contributed by atoms with Crippen molar-refractivity contribution in [3.8, 4) is 11.5 Å². The number of benzene rings is 2. The van der Waals surface area contributed by atoms with E-state index in [-0.39, 0.29) is 11.7 Å². The van der Waals surface area contributed by atoms with E-state index in [4.69, 9.17) is 4.42 Å². The molecule has 2 aromatic heterocycles. The molecule has 0 aliphatic heterocycles. The van der Waals surface area contributed by atoms with Crippen molar-refractivity contribution >= 4 is 27.8 Å². The summed E-state index contributed by atoms with van der Waals surface area (Å²) in [6.45, 7) is 3.88. The van der Waals surface area contributed by atoms with Crippen LogP contribution in [0.1, 0.15) is 19.4 Å². The van der Waals surface area contributed by atoms with E-state index in [0.29, 0.717) is 12.3 Å². The maximum atomic E-state index is 12.1. The van der Waals surface area contributed by atoms with E-state index in [1.165, 1.54) is 0 Å². The molecule has 0 atom stereocenters. The van der Waals surface area contributed by atoms with Crippen molar-refractivity contribution in [2.75, 3.05) is 0 Å². The van der Waals surface area contributed by atoms with Gasteiger partial charge < -0.3 is 8.98 Å². The zero-order valence-electron chi connectivity index (χ0n) is 14.6. The fourth-order valence-electron chi connectivity index (χ4n) is 3.11. The van der Waals surface area contributed by atoms with E-state index in [0.717, 1.165) is 33.1 Å². The Labute approximate surface area is 146 Å². The first-order chi connectivity index (χ1) is 12.0. The molecule has 0 fully saturated rings. The molecule has 2 aromatic carbocycles. The second-order valence-corrected chi connectivity index (χ2v) is 6.79. The maximum absolute atomic E-state index is 12.1. The van der Waals surface area contributed by atoms with Crippen LogP contribution in [0.25, 0.3) is 33.5 Å². The molecule has 0 N–H and O–H groups in total. The number of fused-ring (bicyclic) bond motifs is 2. The summed E-state index contributed by atoms with van der Waals surface area (Å²) in [6.07, 6.45) is 2.49. The van der Waals surface area contributed by atoms with Crippen molar-refractivity contribution in [1.29, 1.82) is 0 Å². The molecule has 25 heavy (non-hydrogen) atoms. The molecule has 0 aliphatic carbocycles. The van der Waals surface area contributed by atoms with Crippen molar-refractivity contribution in [1.82, 2.24) is 9.55 Å². The summed E-state index contributed by atoms with van der Waals surface area (Å²) >= 11 is 0. The highest BCUT2D eigenvalue weighted by Crippen LogP contribution is 2.32. The SMILES string of the molecule is CC(C)C(=O)Cc1ccc2c(c1)c(-c1nc3ccccc3o1)cn2C. The normalized spacial score (nSPS) is 11.7. The molecule has 0 aliphatic rings. The monoisotopic (exact) mass is 332 g/mol. The number of carbonyl (C=O) groups excluding carboxylic acids is 1. The molecule has 0 spiro atoms. The summed E-state index contributed by atoms with van der Waals surface area (Å²) in [5.74, 6) is 0.904. The molecule has 126 valence electrons. The first kappa shape index (κ1) is 15.6. The predicted molar refractivity (Wildman–Crippen MR) is 99.5 cm³/mol. The van der Waals surface area contributed by atoms with Crippen LogP contribution in [0.3, 0.4) is 0 Å². The number of aromatic nitrogens is 2. The third-order valence-electron chi connectivity index (χ3n) is 4.60. The van der Waals surface area contributed by atoms with Crippen LogP contribution in [-0.4, -0.2) is 15.3 Å². The van der Waals surface area contributed by atoms with Crippen LogP contribution in [0.4, 0.5) is 0 Å². The van der Waals surface area contributed by atoms with E-state index in [2.05, 4.69) is 21.7 Å². The number of carbonyl (C=O) groups is 1. The van der Waals surface area contributed by atoms with Crippen LogP contribution in [-0.2, 0) is 18.3 Å². The number of rotatable bonds is 4. The van der Waals surface area contributed by atoms with E-state index < -0.39 is 0 Å². The van der Waals surface area contributed by atoms with Crippen LogP contribution < -0.4 is 0 Å². The van der Waals surface area contributed by atoms with Crippen LogP contribution in [0, 0.1) is 5.92 Å². The Morgan fingerprint density at radius 3 is 2.76 bits per heavy atom. The average molecular weight is 332 g/mol. The predicted octanol–water partition coefficient (Wildman–Crippen LogP) is 4.75. The Bertz CT molecular complexity index is 1050. The molecule has 0 amide bonds. The van der Waals surface area contributed by atoms with E-state index >= 15 is 0 Å². The minimum atomic E-state index is 0.0444. The molecule has 4 aromatic rings. The molecule has 0 saturated carbocycles. The van der Waals surface area contributed by atoms with Crippen LogP contribution in [0.15, 0.2) is 53.1 Å². The molecule has 2 heterocycles. The molecule has 0 radical (unpaired) electrons. The Balaban J connectivity index is 1.84. The molecular formula is C21H20N2O2. The van der Waals surface area contributed by atoms with E-state index in [1.807, 2.05) is 57.4 Å². The van der Waals surface area contributed by atoms with Gasteiger partial charge in [0.1, 0.15) is 11.3 Å². The minimum Gasteiger partial charge on any atom is -0.436 e. The molecule has 0 saturated heterocycles. The lowest BCUT2D eigenvalue weighted by atomic mass is 9.99. The summed E-state index contributed by atoms with van der Waals surface area (Å²) in [6, 6.07) is 13.9. The molecule has 4 rings (SSSR count). The van der Waals surface area contributed by atoms with Gasteiger partial charge in [-0.05, 0) is 29.8 Å². The Kier molecular flexibility index (Phi) is 3.68. The van der Waals surface area contributed by atoms with E-state index in [1.54, 1.807) is 0 Å². The van der Waals surface area contributed by atoms with Crippen molar-refractivity contribution in [2.24, 2.45) is 13.0 Å². The number of hydrogen-bond acceptors (Lipinski definition) is 3. The van der Waals surface area contributed by atoms with Gasteiger partial charge in [-0.1, -0.05) is 32.0 Å². The number of nitrogens with zero attached hydrogens (tertiary/aromatic N) is 2. The van der Waals surface area contributed by atoms with Gasteiger partial charge in [0, 0.05) is 36.5 Å². The van der Waals surface area contributed by atoms with Gasteiger partial charge in [-0.2, -0.15) is 0 Å². The van der Waals surface area contributed by atoms with Gasteiger partial charge in [0.05, 0.1) is 5.56 Å². The quantitative estimate of drug-likeness (QED) is 0.541. The van der Waals surface area contributed by atoms with Gasteiger partial charge in [-0.3, -0.25) is 4.79 Å². The fourth-order valence-corrected chi connectivity index (χ4v) is 3.11. The summed E-state index contributed by atoms with van der Waals surface area (Å²) in [4.78, 5) is 16.7. The highest BCUT2D eigenvalue weighted by molar-refractivity contribution is 5.96. The lowest BCUT2D eigenvalue weighted by molar-refractivity contribution is -0.121. The van der Waals surface area contributed by atoms with Gasteiger partial charge in [0.15, 0.2) is 5.58 Å². The zero-order valence-corrected chi connectivity index (χ0v) is 14.6.